The number of urea groups is 1. The molecule has 24 heavy (non-hydrogen) atoms. The molecule has 1 atom stereocenters. The Morgan fingerprint density at radius 3 is 2.88 bits per heavy atom. The quantitative estimate of drug-likeness (QED) is 0.688. The van der Waals surface area contributed by atoms with E-state index in [-0.39, 0.29) is 12.6 Å². The molecule has 130 valence electrons. The Labute approximate surface area is 146 Å². The molecular formula is C18H25N3O2S. The lowest BCUT2D eigenvalue weighted by molar-refractivity contribution is 0.176. The molecule has 2 amide bonds. The van der Waals surface area contributed by atoms with Gasteiger partial charge in [-0.2, -0.15) is 0 Å². The van der Waals surface area contributed by atoms with Crippen LogP contribution in [0.4, 0.5) is 4.79 Å². The van der Waals surface area contributed by atoms with Crippen LogP contribution in [0.5, 0.6) is 0 Å². The minimum atomic E-state index is -0.674. The molecule has 1 aromatic carbocycles. The maximum atomic E-state index is 11.9. The van der Waals surface area contributed by atoms with E-state index in [0.717, 1.165) is 34.1 Å². The van der Waals surface area contributed by atoms with E-state index >= 15 is 0 Å². The summed E-state index contributed by atoms with van der Waals surface area (Å²) in [7, 11) is 0. The Morgan fingerprint density at radius 1 is 1.38 bits per heavy atom. The number of carbonyl (C=O) groups excluding carboxylic acids is 1. The molecule has 1 unspecified atom stereocenters. The van der Waals surface area contributed by atoms with Gasteiger partial charge in [0.25, 0.3) is 0 Å². The fourth-order valence-corrected chi connectivity index (χ4v) is 3.92. The van der Waals surface area contributed by atoms with Crippen LogP contribution in [0.15, 0.2) is 30.3 Å². The largest absolute Gasteiger partial charge is 0.386 e. The molecule has 1 aliphatic carbocycles. The summed E-state index contributed by atoms with van der Waals surface area (Å²) in [6.07, 6.45) is 1.88. The molecule has 1 fully saturated rings. The van der Waals surface area contributed by atoms with Crippen LogP contribution in [-0.2, 0) is 0 Å². The second kappa shape index (κ2) is 7.96. The number of nitrogens with zero attached hydrogens (tertiary/aromatic N) is 1. The molecule has 1 aliphatic rings. The number of rotatable bonds is 8. The highest BCUT2D eigenvalue weighted by molar-refractivity contribution is 7.19. The SMILES string of the molecule is CCN(CCNC(=O)NCC(O)c1cc2ccccc2s1)C1CC1. The highest BCUT2D eigenvalue weighted by Gasteiger charge is 2.27. The van der Waals surface area contributed by atoms with Crippen molar-refractivity contribution < 1.29 is 9.90 Å². The van der Waals surface area contributed by atoms with Crippen LogP contribution in [0.3, 0.4) is 0 Å². The zero-order chi connectivity index (χ0) is 16.9. The van der Waals surface area contributed by atoms with Crippen molar-refractivity contribution in [1.82, 2.24) is 15.5 Å². The molecule has 2 aromatic rings. The Balaban J connectivity index is 1.40. The number of benzene rings is 1. The molecule has 0 bridgehead atoms. The average Bonchev–Trinajstić information content (AvgIpc) is 3.34. The summed E-state index contributed by atoms with van der Waals surface area (Å²) >= 11 is 1.56. The van der Waals surface area contributed by atoms with Crippen molar-refractivity contribution in [2.75, 3.05) is 26.2 Å². The van der Waals surface area contributed by atoms with Gasteiger partial charge in [0.1, 0.15) is 6.10 Å². The molecule has 3 rings (SSSR count). The first-order valence-electron chi connectivity index (χ1n) is 8.59. The van der Waals surface area contributed by atoms with E-state index in [1.54, 1.807) is 11.3 Å². The zero-order valence-electron chi connectivity index (χ0n) is 14.0. The lowest BCUT2D eigenvalue weighted by Gasteiger charge is -2.20. The van der Waals surface area contributed by atoms with Gasteiger partial charge in [0, 0.05) is 28.7 Å². The van der Waals surface area contributed by atoms with Crippen LogP contribution < -0.4 is 10.6 Å². The van der Waals surface area contributed by atoms with Gasteiger partial charge >= 0.3 is 6.03 Å². The Hall–Kier alpha value is -1.63. The lowest BCUT2D eigenvalue weighted by Crippen LogP contribution is -2.42. The second-order valence-corrected chi connectivity index (χ2v) is 7.31. The molecular weight excluding hydrogens is 322 g/mol. The summed E-state index contributed by atoms with van der Waals surface area (Å²) in [5, 5.41) is 17.0. The van der Waals surface area contributed by atoms with Crippen molar-refractivity contribution >= 4 is 27.5 Å². The third-order valence-electron chi connectivity index (χ3n) is 4.38. The molecule has 1 heterocycles. The van der Waals surface area contributed by atoms with E-state index in [2.05, 4.69) is 22.5 Å². The minimum Gasteiger partial charge on any atom is -0.386 e. The normalized spacial score (nSPS) is 15.6. The fourth-order valence-electron chi connectivity index (χ4n) is 2.87. The van der Waals surface area contributed by atoms with Gasteiger partial charge in [0.05, 0.1) is 6.54 Å². The van der Waals surface area contributed by atoms with Crippen molar-refractivity contribution in [3.05, 3.63) is 35.2 Å². The van der Waals surface area contributed by atoms with Gasteiger partial charge < -0.3 is 15.7 Å². The smallest absolute Gasteiger partial charge is 0.314 e. The van der Waals surface area contributed by atoms with Gasteiger partial charge in [-0.1, -0.05) is 25.1 Å². The average molecular weight is 347 g/mol. The number of hydrogen-bond acceptors (Lipinski definition) is 4. The molecule has 0 spiro atoms. The number of amides is 2. The maximum absolute atomic E-state index is 11.9. The third-order valence-corrected chi connectivity index (χ3v) is 5.60. The van der Waals surface area contributed by atoms with Gasteiger partial charge in [-0.25, -0.2) is 4.79 Å². The Morgan fingerprint density at radius 2 is 2.17 bits per heavy atom. The van der Waals surface area contributed by atoms with Crippen molar-refractivity contribution in [3.63, 3.8) is 0 Å². The first-order valence-corrected chi connectivity index (χ1v) is 9.41. The van der Waals surface area contributed by atoms with E-state index in [1.165, 1.54) is 12.8 Å². The summed E-state index contributed by atoms with van der Waals surface area (Å²) < 4.78 is 1.15. The predicted molar refractivity (Wildman–Crippen MR) is 98.5 cm³/mol. The van der Waals surface area contributed by atoms with Gasteiger partial charge in [0.15, 0.2) is 0 Å². The number of carbonyl (C=O) groups is 1. The molecule has 6 heteroatoms. The molecule has 0 radical (unpaired) electrons. The van der Waals surface area contributed by atoms with Crippen molar-refractivity contribution in [1.29, 1.82) is 0 Å². The fraction of sp³-hybridized carbons (Fsp3) is 0.500. The van der Waals surface area contributed by atoms with E-state index in [1.807, 2.05) is 30.3 Å². The summed E-state index contributed by atoms with van der Waals surface area (Å²) in [6.45, 7) is 4.92. The van der Waals surface area contributed by atoms with Gasteiger partial charge in [-0.05, 0) is 36.9 Å². The molecule has 5 nitrogen and oxygen atoms in total. The summed E-state index contributed by atoms with van der Waals surface area (Å²) in [5.74, 6) is 0. The Kier molecular flexibility index (Phi) is 5.71. The predicted octanol–water partition coefficient (Wildman–Crippen LogP) is 2.72. The van der Waals surface area contributed by atoms with Crippen molar-refractivity contribution in [3.8, 4) is 0 Å². The van der Waals surface area contributed by atoms with Crippen LogP contribution in [-0.4, -0.2) is 48.3 Å². The zero-order valence-corrected chi connectivity index (χ0v) is 14.8. The molecule has 0 saturated heterocycles. The number of aliphatic hydroxyl groups is 1. The molecule has 3 N–H and O–H groups in total. The van der Waals surface area contributed by atoms with Crippen LogP contribution in [0.25, 0.3) is 10.1 Å². The molecule has 1 aromatic heterocycles. The third kappa shape index (κ3) is 4.47. The molecule has 0 aliphatic heterocycles. The van der Waals surface area contributed by atoms with Crippen LogP contribution >= 0.6 is 11.3 Å². The number of likely N-dealkylation sites (N-methyl/N-ethyl adjacent to an activating group) is 1. The topological polar surface area (TPSA) is 64.6 Å². The highest BCUT2D eigenvalue weighted by Crippen LogP contribution is 2.29. The van der Waals surface area contributed by atoms with Crippen LogP contribution in [0.1, 0.15) is 30.7 Å². The lowest BCUT2D eigenvalue weighted by atomic mass is 10.2. The van der Waals surface area contributed by atoms with Crippen molar-refractivity contribution in [2.45, 2.75) is 31.9 Å². The van der Waals surface area contributed by atoms with E-state index in [9.17, 15) is 9.90 Å². The van der Waals surface area contributed by atoms with Gasteiger partial charge in [-0.3, -0.25) is 4.90 Å². The second-order valence-electron chi connectivity index (χ2n) is 6.20. The van der Waals surface area contributed by atoms with Crippen LogP contribution in [0, 0.1) is 0 Å². The van der Waals surface area contributed by atoms with E-state index in [4.69, 9.17) is 0 Å². The molecule has 1 saturated carbocycles. The van der Waals surface area contributed by atoms with E-state index in [0.29, 0.717) is 6.54 Å². The summed E-state index contributed by atoms with van der Waals surface area (Å²) in [6, 6.07) is 10.5. The highest BCUT2D eigenvalue weighted by atomic mass is 32.1. The number of nitrogens with one attached hydrogen (secondary N) is 2. The van der Waals surface area contributed by atoms with Gasteiger partial charge in [0.2, 0.25) is 0 Å². The van der Waals surface area contributed by atoms with Crippen LogP contribution in [0.2, 0.25) is 0 Å². The standard InChI is InChI=1S/C18H25N3O2S/c1-2-21(14-7-8-14)10-9-19-18(23)20-12-15(22)17-11-13-5-3-4-6-16(13)24-17/h3-6,11,14-15,22H,2,7-10,12H2,1H3,(H2,19,20,23). The maximum Gasteiger partial charge on any atom is 0.314 e. The van der Waals surface area contributed by atoms with Gasteiger partial charge in [-0.15, -0.1) is 11.3 Å². The van der Waals surface area contributed by atoms with E-state index < -0.39 is 6.10 Å². The first kappa shape index (κ1) is 17.2. The number of thiophene rings is 1. The Bertz CT molecular complexity index is 651. The number of aliphatic hydroxyl groups excluding tert-OH is 1. The summed E-state index contributed by atoms with van der Waals surface area (Å²) in [5.41, 5.74) is 0. The summed E-state index contributed by atoms with van der Waals surface area (Å²) in [4.78, 5) is 15.1. The number of hydrogen-bond donors (Lipinski definition) is 3. The minimum absolute atomic E-state index is 0.220. The van der Waals surface area contributed by atoms with Crippen molar-refractivity contribution in [2.24, 2.45) is 0 Å². The number of fused-ring (bicyclic) bond motifs is 1. The monoisotopic (exact) mass is 347 g/mol. The first-order chi connectivity index (χ1) is 11.7.